The molecule has 0 aromatic carbocycles. The van der Waals surface area contributed by atoms with Crippen molar-refractivity contribution in [3.05, 3.63) is 36.5 Å². The number of hydrogen-bond acceptors (Lipinski definition) is 7. The van der Waals surface area contributed by atoms with E-state index < -0.39 is 43.5 Å². The van der Waals surface area contributed by atoms with E-state index in [1.807, 2.05) is 0 Å². The summed E-state index contributed by atoms with van der Waals surface area (Å²) in [7, 11) is 0. The van der Waals surface area contributed by atoms with Gasteiger partial charge in [-0.1, -0.05) is 62.6 Å². The molecule has 0 aliphatic heterocycles. The second-order valence-electron chi connectivity index (χ2n) is 8.27. The second-order valence-corrected chi connectivity index (χ2v) is 8.27. The van der Waals surface area contributed by atoms with Gasteiger partial charge in [-0.15, -0.1) is 0 Å². The van der Waals surface area contributed by atoms with Crippen molar-refractivity contribution < 1.29 is 35.1 Å². The number of nitrogens with zero attached hydrogens (tertiary/aromatic N) is 1. The Hall–Kier alpha value is -1.84. The highest BCUT2D eigenvalue weighted by Gasteiger charge is 2.36. The number of carbonyl (C=O) groups excluding carboxylic acids is 2. The molecule has 0 aliphatic rings. The SMILES string of the molecule is CCC=CCC=CCC=CCCCCCCCC(=O)N(CCO)[C@@H](C=O)[C@@H](O)[C@H](O)[C@H](O)CO. The van der Waals surface area contributed by atoms with Gasteiger partial charge in [0.15, 0.2) is 0 Å². The third-order valence-corrected chi connectivity index (χ3v) is 5.48. The maximum atomic E-state index is 12.6. The quantitative estimate of drug-likeness (QED) is 0.0956. The number of hydrogen-bond donors (Lipinski definition) is 5. The van der Waals surface area contributed by atoms with Crippen LogP contribution in [0, 0.1) is 0 Å². The summed E-state index contributed by atoms with van der Waals surface area (Å²) in [5, 5.41) is 47.7. The Morgan fingerprint density at radius 3 is 2.00 bits per heavy atom. The second kappa shape index (κ2) is 21.7. The highest BCUT2D eigenvalue weighted by molar-refractivity contribution is 5.80. The first-order valence-corrected chi connectivity index (χ1v) is 12.4. The lowest BCUT2D eigenvalue weighted by Gasteiger charge is -2.34. The normalized spacial score (nSPS) is 15.7. The molecule has 0 rings (SSSR count). The van der Waals surface area contributed by atoms with E-state index >= 15 is 0 Å². The van der Waals surface area contributed by atoms with E-state index in [1.165, 1.54) is 0 Å². The molecule has 0 saturated heterocycles. The smallest absolute Gasteiger partial charge is 0.223 e. The van der Waals surface area contributed by atoms with Crippen LogP contribution in [0.5, 0.6) is 0 Å². The third kappa shape index (κ3) is 14.4. The Morgan fingerprint density at radius 1 is 0.824 bits per heavy atom. The van der Waals surface area contributed by atoms with Crippen LogP contribution in [-0.4, -0.2) is 86.7 Å². The van der Waals surface area contributed by atoms with Gasteiger partial charge in [-0.2, -0.15) is 0 Å². The van der Waals surface area contributed by atoms with E-state index in [-0.39, 0.29) is 13.0 Å². The van der Waals surface area contributed by atoms with Crippen LogP contribution in [0.4, 0.5) is 0 Å². The van der Waals surface area contributed by atoms with Gasteiger partial charge < -0.3 is 35.2 Å². The van der Waals surface area contributed by atoms with Crippen LogP contribution in [-0.2, 0) is 9.59 Å². The van der Waals surface area contributed by atoms with Crippen molar-refractivity contribution in [3.8, 4) is 0 Å². The average Bonchev–Trinajstić information content (AvgIpc) is 2.84. The summed E-state index contributed by atoms with van der Waals surface area (Å²) >= 11 is 0. The highest BCUT2D eigenvalue weighted by Crippen LogP contribution is 2.14. The Morgan fingerprint density at radius 2 is 1.41 bits per heavy atom. The fourth-order valence-electron chi connectivity index (χ4n) is 3.46. The predicted octanol–water partition coefficient (Wildman–Crippen LogP) is 2.04. The van der Waals surface area contributed by atoms with Crippen molar-refractivity contribution in [1.29, 1.82) is 0 Å². The molecule has 0 aromatic rings. The van der Waals surface area contributed by atoms with Gasteiger partial charge in [-0.25, -0.2) is 0 Å². The molecule has 0 aliphatic carbocycles. The summed E-state index contributed by atoms with van der Waals surface area (Å²) in [6.07, 6.45) is 16.8. The molecular formula is C26H45NO7. The zero-order valence-corrected chi connectivity index (χ0v) is 20.5. The van der Waals surface area contributed by atoms with Gasteiger partial charge in [0.25, 0.3) is 0 Å². The fraction of sp³-hybridized carbons (Fsp3) is 0.692. The molecule has 8 nitrogen and oxygen atoms in total. The summed E-state index contributed by atoms with van der Waals surface area (Å²) < 4.78 is 0. The van der Waals surface area contributed by atoms with Gasteiger partial charge in [-0.3, -0.25) is 4.79 Å². The molecule has 0 saturated carbocycles. The topological polar surface area (TPSA) is 139 Å². The van der Waals surface area contributed by atoms with Crippen molar-refractivity contribution in [2.75, 3.05) is 19.8 Å². The zero-order valence-electron chi connectivity index (χ0n) is 20.5. The van der Waals surface area contributed by atoms with Crippen molar-refractivity contribution in [3.63, 3.8) is 0 Å². The number of aliphatic hydroxyl groups excluding tert-OH is 5. The summed E-state index contributed by atoms with van der Waals surface area (Å²) in [4.78, 5) is 25.1. The molecule has 5 N–H and O–H groups in total. The molecular weight excluding hydrogens is 438 g/mol. The molecule has 1 amide bonds. The Kier molecular flexibility index (Phi) is 20.5. The molecule has 8 heteroatoms. The maximum absolute atomic E-state index is 12.6. The van der Waals surface area contributed by atoms with Gasteiger partial charge in [0, 0.05) is 13.0 Å². The Balaban J connectivity index is 4.22. The van der Waals surface area contributed by atoms with Crippen LogP contribution in [0.25, 0.3) is 0 Å². The van der Waals surface area contributed by atoms with Crippen LogP contribution in [0.2, 0.25) is 0 Å². The van der Waals surface area contributed by atoms with E-state index in [0.717, 1.165) is 56.3 Å². The van der Waals surface area contributed by atoms with Crippen molar-refractivity contribution in [1.82, 2.24) is 4.90 Å². The fourth-order valence-corrected chi connectivity index (χ4v) is 3.46. The summed E-state index contributed by atoms with van der Waals surface area (Å²) in [6, 6.07) is -1.43. The lowest BCUT2D eigenvalue weighted by atomic mass is 10.00. The highest BCUT2D eigenvalue weighted by atomic mass is 16.4. The first-order valence-electron chi connectivity index (χ1n) is 12.4. The van der Waals surface area contributed by atoms with Crippen LogP contribution in [0.3, 0.4) is 0 Å². The minimum absolute atomic E-state index is 0.148. The molecule has 0 spiro atoms. The molecule has 0 unspecified atom stereocenters. The number of carbonyl (C=O) groups is 2. The minimum Gasteiger partial charge on any atom is -0.395 e. The first-order chi connectivity index (χ1) is 16.4. The van der Waals surface area contributed by atoms with E-state index in [0.29, 0.717) is 12.7 Å². The van der Waals surface area contributed by atoms with Crippen LogP contribution in [0.15, 0.2) is 36.5 Å². The summed E-state index contributed by atoms with van der Waals surface area (Å²) in [5.41, 5.74) is 0. The predicted molar refractivity (Wildman–Crippen MR) is 133 cm³/mol. The van der Waals surface area contributed by atoms with Crippen molar-refractivity contribution in [2.45, 2.75) is 95.5 Å². The molecule has 4 atom stereocenters. The largest absolute Gasteiger partial charge is 0.395 e. The zero-order chi connectivity index (χ0) is 25.6. The van der Waals surface area contributed by atoms with E-state index in [1.54, 1.807) is 0 Å². The third-order valence-electron chi connectivity index (χ3n) is 5.48. The molecule has 0 radical (unpaired) electrons. The number of unbranched alkanes of at least 4 members (excludes halogenated alkanes) is 5. The number of aldehydes is 1. The molecule has 0 fully saturated rings. The molecule has 196 valence electrons. The lowest BCUT2D eigenvalue weighted by molar-refractivity contribution is -0.148. The number of amides is 1. The molecule has 34 heavy (non-hydrogen) atoms. The monoisotopic (exact) mass is 483 g/mol. The Labute approximate surface area is 204 Å². The standard InChI is InChI=1S/C26H45NO7/c1-2-3-4-5-6-7-8-9-10-11-12-13-14-15-16-17-24(32)27(18-19-28)22(20-29)25(33)26(34)23(31)21-30/h3-4,6-7,9-10,20,22-23,25-26,28,30-31,33-34H,2,5,8,11-19,21H2,1H3/t22-,23+,25+,26+/m0/s1. The first kappa shape index (κ1) is 32.2. The van der Waals surface area contributed by atoms with Gasteiger partial charge in [0.05, 0.1) is 13.2 Å². The van der Waals surface area contributed by atoms with Crippen molar-refractivity contribution in [2.24, 2.45) is 0 Å². The van der Waals surface area contributed by atoms with Crippen LogP contribution in [0.1, 0.15) is 71.1 Å². The Bertz CT molecular complexity index is 606. The van der Waals surface area contributed by atoms with E-state index in [2.05, 4.69) is 43.4 Å². The number of rotatable bonds is 21. The number of allylic oxidation sites excluding steroid dienone is 6. The van der Waals surface area contributed by atoms with E-state index in [9.17, 15) is 30.0 Å². The molecule has 0 aromatic heterocycles. The maximum Gasteiger partial charge on any atom is 0.223 e. The lowest BCUT2D eigenvalue weighted by Crippen LogP contribution is -2.55. The van der Waals surface area contributed by atoms with Gasteiger partial charge in [0.2, 0.25) is 5.91 Å². The summed E-state index contributed by atoms with van der Waals surface area (Å²) in [6.45, 7) is 0.718. The average molecular weight is 484 g/mol. The van der Waals surface area contributed by atoms with E-state index in [4.69, 9.17) is 5.11 Å². The van der Waals surface area contributed by atoms with Crippen molar-refractivity contribution >= 4 is 12.2 Å². The molecule has 0 heterocycles. The van der Waals surface area contributed by atoms with Gasteiger partial charge >= 0.3 is 0 Å². The number of aliphatic hydroxyl groups is 5. The summed E-state index contributed by atoms with van der Waals surface area (Å²) in [5.74, 6) is -0.419. The van der Waals surface area contributed by atoms with Gasteiger partial charge in [-0.05, 0) is 38.5 Å². The minimum atomic E-state index is -1.80. The van der Waals surface area contributed by atoms with Crippen LogP contribution >= 0.6 is 0 Å². The van der Waals surface area contributed by atoms with Gasteiger partial charge in [0.1, 0.15) is 30.6 Å². The van der Waals surface area contributed by atoms with Crippen LogP contribution < -0.4 is 0 Å². The molecule has 0 bridgehead atoms.